The second-order valence-electron chi connectivity index (χ2n) is 6.98. The zero-order valence-corrected chi connectivity index (χ0v) is 17.4. The van der Waals surface area contributed by atoms with Gasteiger partial charge < -0.3 is 14.8 Å². The zero-order chi connectivity index (χ0) is 22.3. The maximum Gasteiger partial charge on any atom is 0.301 e. The number of nitrogens with zero attached hydrogens (tertiary/aromatic N) is 2. The Morgan fingerprint density at radius 3 is 2.65 bits per heavy atom. The van der Waals surface area contributed by atoms with E-state index in [-0.39, 0.29) is 35.2 Å². The van der Waals surface area contributed by atoms with Crippen LogP contribution in [-0.2, 0) is 10.2 Å². The second-order valence-corrected chi connectivity index (χ2v) is 9.03. The van der Waals surface area contributed by atoms with Crippen LogP contribution in [0.15, 0.2) is 42.6 Å². The van der Waals surface area contributed by atoms with E-state index >= 15 is 0 Å². The predicted molar refractivity (Wildman–Crippen MR) is 111 cm³/mol. The van der Waals surface area contributed by atoms with E-state index in [0.717, 1.165) is 16.4 Å². The summed E-state index contributed by atoms with van der Waals surface area (Å²) in [7, 11) is -4.04. The number of β-amino-alcohol motifs (C(OH)–C–C–N with tert-alkyl or cyclic N) is 1. The average molecular weight is 471 g/mol. The van der Waals surface area contributed by atoms with Crippen molar-refractivity contribution in [3.05, 3.63) is 64.9 Å². The molecule has 31 heavy (non-hydrogen) atoms. The van der Waals surface area contributed by atoms with Crippen molar-refractivity contribution < 1.29 is 27.1 Å². The number of rotatable bonds is 5. The van der Waals surface area contributed by atoms with Crippen LogP contribution in [0, 0.1) is 11.6 Å². The Morgan fingerprint density at radius 2 is 1.97 bits per heavy atom. The molecule has 1 aliphatic rings. The summed E-state index contributed by atoms with van der Waals surface area (Å²) in [5.74, 6) is -2.95. The molecule has 1 aromatic carbocycles. The third-order valence-electron chi connectivity index (χ3n) is 4.87. The minimum Gasteiger partial charge on any atom is -0.392 e. The molecule has 0 radical (unpaired) electrons. The van der Waals surface area contributed by atoms with Crippen molar-refractivity contribution in [2.75, 3.05) is 23.1 Å². The van der Waals surface area contributed by atoms with E-state index in [1.54, 1.807) is 18.2 Å². The highest BCUT2D eigenvalue weighted by molar-refractivity contribution is 7.90. The molecule has 1 atom stereocenters. The van der Waals surface area contributed by atoms with Crippen LogP contribution in [-0.4, -0.2) is 47.3 Å². The summed E-state index contributed by atoms with van der Waals surface area (Å²) < 4.78 is 57.0. The van der Waals surface area contributed by atoms with Crippen LogP contribution in [0.25, 0.3) is 5.52 Å². The number of nitrogens with one attached hydrogen (secondary N) is 2. The van der Waals surface area contributed by atoms with Gasteiger partial charge in [-0.05, 0) is 30.7 Å². The molecular weight excluding hydrogens is 454 g/mol. The van der Waals surface area contributed by atoms with Crippen molar-refractivity contribution in [3.8, 4) is 0 Å². The first kappa shape index (κ1) is 21.5. The molecule has 2 aromatic heterocycles. The minimum atomic E-state index is -4.04. The minimum absolute atomic E-state index is 0.000896. The number of amides is 1. The predicted octanol–water partition coefficient (Wildman–Crippen LogP) is 2.85. The number of aliphatic hydroxyl groups is 1. The smallest absolute Gasteiger partial charge is 0.301 e. The van der Waals surface area contributed by atoms with Gasteiger partial charge in [-0.15, -0.1) is 0 Å². The first-order chi connectivity index (χ1) is 14.7. The van der Waals surface area contributed by atoms with Gasteiger partial charge in [0.2, 0.25) is 0 Å². The maximum absolute atomic E-state index is 13.5. The Kier molecular flexibility index (Phi) is 5.60. The van der Waals surface area contributed by atoms with E-state index in [2.05, 4.69) is 10.0 Å². The van der Waals surface area contributed by atoms with Gasteiger partial charge in [-0.1, -0.05) is 17.7 Å². The fourth-order valence-corrected chi connectivity index (χ4v) is 5.06. The zero-order valence-electron chi connectivity index (χ0n) is 15.8. The van der Waals surface area contributed by atoms with Crippen molar-refractivity contribution in [3.63, 3.8) is 0 Å². The molecule has 1 unspecified atom stereocenters. The van der Waals surface area contributed by atoms with E-state index in [1.807, 2.05) is 0 Å². The van der Waals surface area contributed by atoms with E-state index in [0.29, 0.717) is 11.9 Å². The molecule has 12 heteroatoms. The Morgan fingerprint density at radius 1 is 1.19 bits per heavy atom. The number of carbonyl (C=O) groups excluding carboxylic acids is 1. The van der Waals surface area contributed by atoms with E-state index in [9.17, 15) is 27.1 Å². The van der Waals surface area contributed by atoms with Crippen LogP contribution in [0.4, 0.5) is 20.2 Å². The second kappa shape index (κ2) is 8.08. The number of hydrogen-bond donors (Lipinski definition) is 3. The van der Waals surface area contributed by atoms with Gasteiger partial charge in [0.1, 0.15) is 5.69 Å². The highest BCUT2D eigenvalue weighted by Crippen LogP contribution is 2.35. The van der Waals surface area contributed by atoms with E-state index in [1.165, 1.54) is 16.7 Å². The average Bonchev–Trinajstić information content (AvgIpc) is 3.27. The van der Waals surface area contributed by atoms with Crippen molar-refractivity contribution in [2.45, 2.75) is 12.5 Å². The lowest BCUT2D eigenvalue weighted by molar-refractivity contribution is 0.102. The topological polar surface area (TPSA) is 103 Å². The molecule has 1 amide bonds. The molecule has 0 saturated carbocycles. The molecule has 164 valence electrons. The number of aliphatic hydroxyl groups excluding tert-OH is 1. The summed E-state index contributed by atoms with van der Waals surface area (Å²) in [6.07, 6.45) is 1.07. The SMILES string of the molecule is O=C(Nc1ccc(F)c(F)c1)c1c(Cl)c(NS(=O)(=O)N2CCC(O)C2)c2ccccn12. The lowest BCUT2D eigenvalue weighted by Crippen LogP contribution is -2.34. The number of anilines is 2. The number of carbonyl (C=O) groups is 1. The molecule has 3 aromatic rings. The molecule has 0 bridgehead atoms. The Labute approximate surface area is 181 Å². The lowest BCUT2D eigenvalue weighted by atomic mass is 10.3. The fraction of sp³-hybridized carbons (Fsp3) is 0.211. The molecule has 8 nitrogen and oxygen atoms in total. The van der Waals surface area contributed by atoms with Crippen LogP contribution in [0.1, 0.15) is 16.9 Å². The summed E-state index contributed by atoms with van der Waals surface area (Å²) in [5, 5.41) is 11.9. The lowest BCUT2D eigenvalue weighted by Gasteiger charge is -2.17. The van der Waals surface area contributed by atoms with Gasteiger partial charge in [-0.2, -0.15) is 12.7 Å². The fourth-order valence-electron chi connectivity index (χ4n) is 3.37. The van der Waals surface area contributed by atoms with Gasteiger partial charge in [0, 0.05) is 31.0 Å². The van der Waals surface area contributed by atoms with E-state index < -0.39 is 33.9 Å². The number of benzene rings is 1. The Hall–Kier alpha value is -2.73. The first-order valence-corrected chi connectivity index (χ1v) is 11.0. The van der Waals surface area contributed by atoms with Gasteiger partial charge in [0.05, 0.1) is 22.3 Å². The van der Waals surface area contributed by atoms with Crippen molar-refractivity contribution in [1.82, 2.24) is 8.71 Å². The van der Waals surface area contributed by atoms with E-state index in [4.69, 9.17) is 11.6 Å². The molecule has 1 saturated heterocycles. The molecule has 0 aliphatic carbocycles. The van der Waals surface area contributed by atoms with Crippen LogP contribution in [0.5, 0.6) is 0 Å². The van der Waals surface area contributed by atoms with Gasteiger partial charge in [0.25, 0.3) is 5.91 Å². The molecule has 1 fully saturated rings. The van der Waals surface area contributed by atoms with Gasteiger partial charge in [-0.25, -0.2) is 8.78 Å². The first-order valence-electron chi connectivity index (χ1n) is 9.18. The summed E-state index contributed by atoms with van der Waals surface area (Å²) in [5.41, 5.74) is 0.200. The summed E-state index contributed by atoms with van der Waals surface area (Å²) in [4.78, 5) is 12.9. The molecular formula is C19H17ClF2N4O4S. The maximum atomic E-state index is 13.5. The van der Waals surface area contributed by atoms with Gasteiger partial charge in [0.15, 0.2) is 11.6 Å². The van der Waals surface area contributed by atoms with Crippen molar-refractivity contribution in [2.24, 2.45) is 0 Å². The Balaban J connectivity index is 1.71. The molecule has 3 N–H and O–H groups in total. The molecule has 4 rings (SSSR count). The highest BCUT2D eigenvalue weighted by atomic mass is 35.5. The monoisotopic (exact) mass is 470 g/mol. The highest BCUT2D eigenvalue weighted by Gasteiger charge is 2.32. The standard InChI is InChI=1S/C19H17ClF2N4O4S/c20-16-17(24-31(29,30)25-8-6-12(27)10-25)15-3-1-2-7-26(15)18(16)19(28)23-11-4-5-13(21)14(22)9-11/h1-5,7,9,12,24,27H,6,8,10H2,(H,23,28). The quantitative estimate of drug-likeness (QED) is 0.533. The van der Waals surface area contributed by atoms with Crippen LogP contribution in [0.2, 0.25) is 5.02 Å². The van der Waals surface area contributed by atoms with Gasteiger partial charge >= 0.3 is 10.2 Å². The third-order valence-corrected chi connectivity index (χ3v) is 6.72. The van der Waals surface area contributed by atoms with Crippen LogP contribution < -0.4 is 10.0 Å². The van der Waals surface area contributed by atoms with Crippen molar-refractivity contribution >= 4 is 44.6 Å². The third kappa shape index (κ3) is 4.09. The Bertz CT molecular complexity index is 1280. The summed E-state index contributed by atoms with van der Waals surface area (Å²) in [6.45, 7) is 0.0889. The molecule has 3 heterocycles. The van der Waals surface area contributed by atoms with Crippen LogP contribution >= 0.6 is 11.6 Å². The van der Waals surface area contributed by atoms with Crippen LogP contribution in [0.3, 0.4) is 0 Å². The summed E-state index contributed by atoms with van der Waals surface area (Å²) >= 11 is 6.40. The van der Waals surface area contributed by atoms with Gasteiger partial charge in [-0.3, -0.25) is 9.52 Å². The number of aromatic nitrogens is 1. The number of halogens is 3. The normalized spacial score (nSPS) is 17.2. The molecule has 1 aliphatic heterocycles. The number of hydrogen-bond acceptors (Lipinski definition) is 4. The summed E-state index contributed by atoms with van der Waals surface area (Å²) in [6, 6.07) is 7.69. The molecule has 0 spiro atoms. The largest absolute Gasteiger partial charge is 0.392 e. The number of pyridine rings is 1. The van der Waals surface area contributed by atoms with Crippen molar-refractivity contribution in [1.29, 1.82) is 0 Å². The number of fused-ring (bicyclic) bond motifs is 1.